The molecular weight excluding hydrogens is 1180 g/mol. The van der Waals surface area contributed by atoms with Gasteiger partial charge in [-0.25, -0.2) is 4.79 Å². The summed E-state index contributed by atoms with van der Waals surface area (Å²) in [5, 5.41) is 34.0. The molecule has 468 valence electrons. The summed E-state index contributed by atoms with van der Waals surface area (Å²) < 4.78 is 0. The number of hydrogen-bond acceptors (Lipinski definition) is 20. The Balaban J connectivity index is 2.06. The van der Waals surface area contributed by atoms with Crippen molar-refractivity contribution in [1.82, 2.24) is 63.0 Å². The monoisotopic (exact) mass is 1270 g/mol. The second-order valence-corrected chi connectivity index (χ2v) is 22.3. The van der Waals surface area contributed by atoms with E-state index in [-0.39, 0.29) is 67.7 Å². The third-order valence-corrected chi connectivity index (χ3v) is 15.2. The molecule has 83 heavy (non-hydrogen) atoms. The molecule has 2 heterocycles. The Morgan fingerprint density at radius 3 is 1.52 bits per heavy atom. The molecule has 11 atom stereocenters. The maximum Gasteiger partial charge on any atom is 0.327 e. The molecule has 0 radical (unpaired) electrons. The Bertz CT molecular complexity index is 2340. The topological polar surface area (TPSA) is 459 Å². The number of carboxylic acids is 1. The zero-order valence-electron chi connectivity index (χ0n) is 47.0. The summed E-state index contributed by atoms with van der Waals surface area (Å²) in [6.07, 6.45) is 3.48. The van der Waals surface area contributed by atoms with Crippen LogP contribution >= 0.6 is 62.3 Å². The fraction of sp³-hybridized carbons (Fsp3) is 0.708. The van der Waals surface area contributed by atoms with Gasteiger partial charge in [0, 0.05) is 42.6 Å². The fourth-order valence-electron chi connectivity index (χ4n) is 8.38. The number of rotatable bonds is 35. The van der Waals surface area contributed by atoms with Gasteiger partial charge < -0.3 is 85.3 Å². The third kappa shape index (κ3) is 24.3. The lowest BCUT2D eigenvalue weighted by Gasteiger charge is -2.31. The number of nitrogens with one attached hydrogen (secondary N) is 10. The fourth-order valence-corrected chi connectivity index (χ4v) is 9.77. The van der Waals surface area contributed by atoms with Gasteiger partial charge in [-0.1, -0.05) is 13.8 Å². The second-order valence-electron chi connectivity index (χ2n) is 19.8. The van der Waals surface area contributed by atoms with Gasteiger partial charge in [0.05, 0.1) is 19.1 Å². The Morgan fingerprint density at radius 1 is 0.566 bits per heavy atom. The van der Waals surface area contributed by atoms with E-state index < -0.39 is 162 Å². The van der Waals surface area contributed by atoms with Crippen molar-refractivity contribution in [2.75, 3.05) is 67.7 Å². The van der Waals surface area contributed by atoms with E-state index >= 15 is 0 Å². The van der Waals surface area contributed by atoms with Crippen molar-refractivity contribution in [1.29, 1.82) is 0 Å². The summed E-state index contributed by atoms with van der Waals surface area (Å²) in [4.78, 5) is 177. The van der Waals surface area contributed by atoms with Crippen LogP contribution in [0.3, 0.4) is 0 Å². The molecule has 0 aromatic carbocycles. The van der Waals surface area contributed by atoms with Gasteiger partial charge in [-0.05, 0) is 76.7 Å². The number of carbonyl (C=O) groups excluding carboxylic acids is 12. The first-order valence-electron chi connectivity index (χ1n) is 26.7. The highest BCUT2D eigenvalue weighted by molar-refractivity contribution is 7.98. The van der Waals surface area contributed by atoms with Gasteiger partial charge in [-0.2, -0.15) is 62.3 Å². The van der Waals surface area contributed by atoms with Gasteiger partial charge in [-0.3, -0.25) is 62.5 Å². The maximum absolute atomic E-state index is 14.1. The number of aliphatic imine (C=N–C) groups is 1. The lowest BCUT2D eigenvalue weighted by Crippen LogP contribution is -2.60. The Labute approximate surface area is 507 Å². The maximum atomic E-state index is 14.1. The number of thioether (sulfide) groups is 1. The number of nitrogens with zero attached hydrogens (tertiary/aromatic N) is 3. The van der Waals surface area contributed by atoms with Gasteiger partial charge in [0.2, 0.25) is 70.9 Å². The summed E-state index contributed by atoms with van der Waals surface area (Å²) in [5.41, 5.74) is 16.7. The van der Waals surface area contributed by atoms with Gasteiger partial charge in [-0.15, -0.1) is 0 Å². The van der Waals surface area contributed by atoms with E-state index in [1.54, 1.807) is 20.1 Å². The lowest BCUT2D eigenvalue weighted by atomic mass is 10.0. The number of guanidine groups is 1. The van der Waals surface area contributed by atoms with Crippen LogP contribution in [-0.2, 0) is 62.3 Å². The highest BCUT2D eigenvalue weighted by atomic mass is 32.2. The molecule has 0 aromatic rings. The number of hydrogen-bond donors (Lipinski definition) is 18. The van der Waals surface area contributed by atoms with Crippen molar-refractivity contribution in [2.45, 2.75) is 139 Å². The molecule has 2 fully saturated rings. The Hall–Kier alpha value is -5.91. The van der Waals surface area contributed by atoms with Crippen LogP contribution in [0, 0.1) is 5.92 Å². The first-order chi connectivity index (χ1) is 39.1. The highest BCUT2D eigenvalue weighted by Crippen LogP contribution is 2.22. The van der Waals surface area contributed by atoms with Gasteiger partial charge >= 0.3 is 5.97 Å². The molecule has 17 N–H and O–H groups in total. The molecule has 0 aliphatic carbocycles. The summed E-state index contributed by atoms with van der Waals surface area (Å²) >= 11 is 17.8. The minimum absolute atomic E-state index is 0.0328. The van der Waals surface area contributed by atoms with E-state index in [9.17, 15) is 62.3 Å². The van der Waals surface area contributed by atoms with Crippen molar-refractivity contribution in [2.24, 2.45) is 28.1 Å². The molecule has 0 aromatic heterocycles. The van der Waals surface area contributed by atoms with E-state index in [0.717, 1.165) is 0 Å². The van der Waals surface area contributed by atoms with Crippen LogP contribution in [0.4, 0.5) is 0 Å². The van der Waals surface area contributed by atoms with Crippen molar-refractivity contribution >= 4 is 145 Å². The number of thiol groups is 4. The standard InChI is InChI=1S/C48H82N16O14S5/c1-23(2)36(46(76)64-15-8-11-33(64)44(74)61-30(21-81)42(72)55-24(3)37(67)59-28(12-16-83-5)39(69)53-17-34(65)57-31(22-82)47(77)78)62-35(66)18-54-40(70)29(20-80)60-41(71)27(9-6-13-52-48(50)51)58-38(68)25(4)56-43(73)32-10-7-14-63(32)45(75)26(49)19-79/h23-33,36,79-82H,6-22,49H2,1-5H3,(H,53,69)(H,54,70)(H,55,72)(H,56,73)(H,57,65)(H,58,68)(H,59,67)(H,60,71)(H,61,74)(H,62,66)(H,77,78)(H4,50,51,52)/t24-,25-,26-,27-,28-,29-,30-,31-,32-,33-,36-/m0/s1. The molecule has 2 aliphatic heterocycles. The molecule has 12 amide bonds. The molecule has 35 heteroatoms. The van der Waals surface area contributed by atoms with Crippen molar-refractivity contribution < 1.29 is 67.4 Å². The number of nitrogens with two attached hydrogens (primary N) is 3. The lowest BCUT2D eigenvalue weighted by molar-refractivity contribution is -0.143. The average Bonchev–Trinajstić information content (AvgIpc) is 4.34. The van der Waals surface area contributed by atoms with E-state index in [1.807, 2.05) is 0 Å². The van der Waals surface area contributed by atoms with E-state index in [0.29, 0.717) is 31.6 Å². The largest absolute Gasteiger partial charge is 0.480 e. The molecule has 2 saturated heterocycles. The van der Waals surface area contributed by atoms with E-state index in [1.165, 1.54) is 35.4 Å². The van der Waals surface area contributed by atoms with E-state index in [4.69, 9.17) is 22.3 Å². The molecule has 30 nitrogen and oxygen atoms in total. The second kappa shape index (κ2) is 37.4. The Kier molecular flexibility index (Phi) is 33.0. The number of aliphatic carboxylic acids is 1. The number of carboxylic acid groups (broad SMARTS) is 1. The average molecular weight is 1270 g/mol. The number of carbonyl (C=O) groups is 13. The van der Waals surface area contributed by atoms with Crippen molar-refractivity contribution in [3.8, 4) is 0 Å². The SMILES string of the molecule is CSCC[C@H](NC(=O)[C@H](C)NC(=O)[C@H](CS)NC(=O)[C@@H]1CCCN1C(=O)[C@@H](NC(=O)CNC(=O)[C@H](CS)NC(=O)[C@H](CCCN=C(N)N)NC(=O)[C@H](C)NC(=O)[C@@H]1CCCN1C(=O)[C@@H](N)CS)C(C)C)C(=O)NCC(=O)N[C@@H](CS)C(=O)O. The van der Waals surface area contributed by atoms with Gasteiger partial charge in [0.1, 0.15) is 60.4 Å². The first-order valence-corrected chi connectivity index (χ1v) is 30.6. The summed E-state index contributed by atoms with van der Waals surface area (Å²) in [7, 11) is 0. The zero-order chi connectivity index (χ0) is 62.7. The zero-order valence-corrected chi connectivity index (χ0v) is 51.4. The number of amides is 12. The van der Waals surface area contributed by atoms with Gasteiger partial charge in [0.15, 0.2) is 5.96 Å². The highest BCUT2D eigenvalue weighted by Gasteiger charge is 2.41. The van der Waals surface area contributed by atoms with Crippen LogP contribution in [0.15, 0.2) is 4.99 Å². The quantitative estimate of drug-likeness (QED) is 0.0121. The molecule has 0 spiro atoms. The predicted octanol–water partition coefficient (Wildman–Crippen LogP) is -6.29. The first kappa shape index (κ1) is 73.2. The molecule has 2 rings (SSSR count). The smallest absolute Gasteiger partial charge is 0.327 e. The molecule has 0 unspecified atom stereocenters. The third-order valence-electron chi connectivity index (χ3n) is 13.1. The normalized spacial score (nSPS) is 18.0. The summed E-state index contributed by atoms with van der Waals surface area (Å²) in [6.45, 7) is 5.21. The Morgan fingerprint density at radius 2 is 1.02 bits per heavy atom. The molecule has 0 saturated carbocycles. The van der Waals surface area contributed by atoms with Crippen LogP contribution in [0.1, 0.15) is 72.6 Å². The molecule has 2 aliphatic rings. The van der Waals surface area contributed by atoms with Crippen LogP contribution < -0.4 is 70.4 Å². The minimum Gasteiger partial charge on any atom is -0.480 e. The molecular formula is C48H82N16O14S5. The number of likely N-dealkylation sites (tertiary alicyclic amines) is 2. The summed E-state index contributed by atoms with van der Waals surface area (Å²) in [5.74, 6) is -11.1. The van der Waals surface area contributed by atoms with Crippen molar-refractivity contribution in [3.63, 3.8) is 0 Å². The van der Waals surface area contributed by atoms with Crippen LogP contribution in [0.2, 0.25) is 0 Å². The predicted molar refractivity (Wildman–Crippen MR) is 321 cm³/mol. The van der Waals surface area contributed by atoms with Gasteiger partial charge in [0.25, 0.3) is 0 Å². The van der Waals surface area contributed by atoms with Crippen molar-refractivity contribution in [3.05, 3.63) is 0 Å². The summed E-state index contributed by atoms with van der Waals surface area (Å²) in [6, 6.07) is -12.9. The van der Waals surface area contributed by atoms with Crippen LogP contribution in [-0.4, -0.2) is 232 Å². The van der Waals surface area contributed by atoms with Crippen LogP contribution in [0.5, 0.6) is 0 Å². The van der Waals surface area contributed by atoms with Crippen LogP contribution in [0.25, 0.3) is 0 Å². The minimum atomic E-state index is -1.35. The molecule has 0 bridgehead atoms. The van der Waals surface area contributed by atoms with E-state index in [2.05, 4.69) is 109 Å².